The van der Waals surface area contributed by atoms with Gasteiger partial charge in [0.1, 0.15) is 5.76 Å². The van der Waals surface area contributed by atoms with E-state index in [2.05, 4.69) is 19.9 Å². The first kappa shape index (κ1) is 23.4. The monoisotopic (exact) mass is 468 g/mol. The van der Waals surface area contributed by atoms with Crippen molar-refractivity contribution < 1.29 is 27.6 Å². The molecule has 182 valence electrons. The second kappa shape index (κ2) is 8.37. The fourth-order valence-electron chi connectivity index (χ4n) is 8.15. The fourth-order valence-corrected chi connectivity index (χ4v) is 9.49. The molecule has 6 unspecified atom stereocenters. The van der Waals surface area contributed by atoms with Crippen LogP contribution in [0.2, 0.25) is 0 Å². The zero-order valence-corrected chi connectivity index (χ0v) is 21.2. The molecule has 3 saturated carbocycles. The van der Waals surface area contributed by atoms with Crippen LogP contribution in [0.1, 0.15) is 79.1 Å². The van der Waals surface area contributed by atoms with E-state index in [9.17, 15) is 4.57 Å². The Labute approximate surface area is 193 Å². The molecule has 4 fully saturated rings. The summed E-state index contributed by atoms with van der Waals surface area (Å²) in [5.74, 6) is 3.19. The number of phosphoric ester groups is 1. The Balaban J connectivity index is 1.33. The predicted molar refractivity (Wildman–Crippen MR) is 122 cm³/mol. The first-order valence-corrected chi connectivity index (χ1v) is 14.3. The highest BCUT2D eigenvalue weighted by atomic mass is 31.2. The van der Waals surface area contributed by atoms with Crippen molar-refractivity contribution in [3.63, 3.8) is 0 Å². The molecule has 0 aromatic heterocycles. The van der Waals surface area contributed by atoms with Gasteiger partial charge in [0, 0.05) is 18.3 Å². The van der Waals surface area contributed by atoms with E-state index in [1.54, 1.807) is 0 Å². The Bertz CT molecular complexity index is 781. The molecular formula is C25H41O6P. The molecule has 0 aromatic rings. The summed E-state index contributed by atoms with van der Waals surface area (Å²) in [5, 5.41) is 0. The van der Waals surface area contributed by atoms with Crippen molar-refractivity contribution in [3.8, 4) is 0 Å². The van der Waals surface area contributed by atoms with E-state index in [0.29, 0.717) is 36.4 Å². The summed E-state index contributed by atoms with van der Waals surface area (Å²) in [6.07, 6.45) is 11.3. The first-order valence-electron chi connectivity index (χ1n) is 12.8. The molecule has 0 aromatic carbocycles. The maximum atomic E-state index is 13.1. The van der Waals surface area contributed by atoms with Crippen LogP contribution in [0.15, 0.2) is 11.8 Å². The third kappa shape index (κ3) is 3.64. The van der Waals surface area contributed by atoms with Crippen molar-refractivity contribution in [2.24, 2.45) is 34.5 Å². The van der Waals surface area contributed by atoms with Crippen LogP contribution in [-0.4, -0.2) is 32.2 Å². The van der Waals surface area contributed by atoms with Gasteiger partial charge in [0.15, 0.2) is 5.79 Å². The normalized spacial score (nSPS) is 42.8. The lowest BCUT2D eigenvalue weighted by molar-refractivity contribution is -0.228. The van der Waals surface area contributed by atoms with Gasteiger partial charge in [-0.05, 0) is 87.5 Å². The van der Waals surface area contributed by atoms with Crippen molar-refractivity contribution in [3.05, 3.63) is 11.8 Å². The predicted octanol–water partition coefficient (Wildman–Crippen LogP) is 6.46. The molecule has 0 amide bonds. The second-order valence-corrected chi connectivity index (χ2v) is 12.7. The molecule has 1 spiro atoms. The second-order valence-electron chi connectivity index (χ2n) is 11.1. The van der Waals surface area contributed by atoms with E-state index in [-0.39, 0.29) is 11.2 Å². The number of hydrogen-bond acceptors (Lipinski definition) is 6. The average molecular weight is 469 g/mol. The van der Waals surface area contributed by atoms with Crippen LogP contribution >= 0.6 is 7.82 Å². The third-order valence-corrected chi connectivity index (χ3v) is 11.3. The number of allylic oxidation sites excluding steroid dienone is 2. The molecule has 5 aliphatic rings. The van der Waals surface area contributed by atoms with E-state index in [4.69, 9.17) is 23.0 Å². The summed E-state index contributed by atoms with van der Waals surface area (Å²) in [5.41, 5.74) is 0.280. The minimum atomic E-state index is -3.56. The van der Waals surface area contributed by atoms with E-state index in [1.165, 1.54) is 25.7 Å². The number of ether oxygens (including phenoxy) is 2. The summed E-state index contributed by atoms with van der Waals surface area (Å²) in [4.78, 5) is 0. The van der Waals surface area contributed by atoms with Crippen molar-refractivity contribution in [2.75, 3.05) is 26.4 Å². The van der Waals surface area contributed by atoms with Crippen LogP contribution in [0.25, 0.3) is 0 Å². The standard InChI is InChI=1S/C25H41O6P/c1-5-29-32(26,30-6-2)31-22-10-9-20-19-8-7-18-17-25(27-15-16-28-25)14-13-23(18,3)21(19)11-12-24(20,22)4/h10,18-21H,5-9,11-17H2,1-4H3. The Morgan fingerprint density at radius 2 is 1.72 bits per heavy atom. The van der Waals surface area contributed by atoms with E-state index in [0.717, 1.165) is 50.6 Å². The lowest BCUT2D eigenvalue weighted by Gasteiger charge is -2.61. The lowest BCUT2D eigenvalue weighted by Crippen LogP contribution is -2.56. The molecule has 6 nitrogen and oxygen atoms in total. The van der Waals surface area contributed by atoms with Gasteiger partial charge in [0.25, 0.3) is 0 Å². The van der Waals surface area contributed by atoms with Crippen LogP contribution in [-0.2, 0) is 27.6 Å². The van der Waals surface area contributed by atoms with Gasteiger partial charge in [-0.15, -0.1) is 0 Å². The van der Waals surface area contributed by atoms with Crippen molar-refractivity contribution in [1.29, 1.82) is 0 Å². The SMILES string of the molecule is CCOP(=O)(OCC)OC1=CCC2C3CCC4CC5(CCC4(C)C3CCC12C)OCCO5. The molecule has 4 aliphatic carbocycles. The maximum absolute atomic E-state index is 13.1. The van der Waals surface area contributed by atoms with E-state index in [1.807, 2.05) is 13.8 Å². The number of rotatable bonds is 6. The van der Waals surface area contributed by atoms with Gasteiger partial charge in [0.05, 0.1) is 26.4 Å². The first-order chi connectivity index (χ1) is 15.3. The molecule has 7 heteroatoms. The summed E-state index contributed by atoms with van der Waals surface area (Å²) in [6, 6.07) is 0. The van der Waals surface area contributed by atoms with Crippen LogP contribution in [0.5, 0.6) is 0 Å². The summed E-state index contributed by atoms with van der Waals surface area (Å²) >= 11 is 0. The van der Waals surface area contributed by atoms with Gasteiger partial charge < -0.3 is 14.0 Å². The highest BCUT2D eigenvalue weighted by molar-refractivity contribution is 7.48. The fraction of sp³-hybridized carbons (Fsp3) is 0.920. The summed E-state index contributed by atoms with van der Waals surface area (Å²) in [7, 11) is -3.56. The van der Waals surface area contributed by atoms with Crippen LogP contribution < -0.4 is 0 Å². The molecule has 1 heterocycles. The largest absolute Gasteiger partial charge is 0.529 e. The third-order valence-electron chi connectivity index (χ3n) is 9.78. The van der Waals surface area contributed by atoms with Gasteiger partial charge in [-0.1, -0.05) is 13.8 Å². The topological polar surface area (TPSA) is 63.2 Å². The minimum Gasteiger partial charge on any atom is -0.408 e. The summed E-state index contributed by atoms with van der Waals surface area (Å²) < 4.78 is 42.2. The van der Waals surface area contributed by atoms with Gasteiger partial charge >= 0.3 is 7.82 Å². The van der Waals surface area contributed by atoms with Gasteiger partial charge in [0.2, 0.25) is 0 Å². The van der Waals surface area contributed by atoms with Crippen molar-refractivity contribution in [2.45, 2.75) is 84.8 Å². The zero-order valence-electron chi connectivity index (χ0n) is 20.3. The highest BCUT2D eigenvalue weighted by Crippen LogP contribution is 2.69. The van der Waals surface area contributed by atoms with Crippen molar-refractivity contribution >= 4 is 7.82 Å². The molecule has 0 N–H and O–H groups in total. The number of hydrogen-bond donors (Lipinski definition) is 0. The molecule has 6 atom stereocenters. The highest BCUT2D eigenvalue weighted by Gasteiger charge is 2.61. The smallest absolute Gasteiger partial charge is 0.408 e. The van der Waals surface area contributed by atoms with Crippen LogP contribution in [0.4, 0.5) is 0 Å². The lowest BCUT2D eigenvalue weighted by atomic mass is 9.45. The number of fused-ring (bicyclic) bond motifs is 5. The Hall–Kier alpha value is -0.390. The molecule has 32 heavy (non-hydrogen) atoms. The molecule has 0 radical (unpaired) electrons. The molecule has 0 bridgehead atoms. The maximum Gasteiger partial charge on any atom is 0.529 e. The minimum absolute atomic E-state index is 0.0816. The molecule has 1 saturated heterocycles. The van der Waals surface area contributed by atoms with Crippen LogP contribution in [0.3, 0.4) is 0 Å². The average Bonchev–Trinajstić information content (AvgIpc) is 3.34. The molecular weight excluding hydrogens is 427 g/mol. The summed E-state index contributed by atoms with van der Waals surface area (Å²) in [6.45, 7) is 10.6. The van der Waals surface area contributed by atoms with E-state index >= 15 is 0 Å². The Morgan fingerprint density at radius 1 is 1.00 bits per heavy atom. The van der Waals surface area contributed by atoms with Crippen LogP contribution in [0, 0.1) is 34.5 Å². The quantitative estimate of drug-likeness (QED) is 0.417. The molecule has 1 aliphatic heterocycles. The van der Waals surface area contributed by atoms with Gasteiger partial charge in [-0.2, -0.15) is 0 Å². The number of phosphoric acid groups is 1. The van der Waals surface area contributed by atoms with Crippen molar-refractivity contribution in [1.82, 2.24) is 0 Å². The Kier molecular flexibility index (Phi) is 6.11. The van der Waals surface area contributed by atoms with Gasteiger partial charge in [-0.3, -0.25) is 9.05 Å². The van der Waals surface area contributed by atoms with E-state index < -0.39 is 7.82 Å². The van der Waals surface area contributed by atoms with Gasteiger partial charge in [-0.25, -0.2) is 4.57 Å². The zero-order chi connectivity index (χ0) is 22.6. The Morgan fingerprint density at radius 3 is 2.41 bits per heavy atom. The molecule has 5 rings (SSSR count).